The summed E-state index contributed by atoms with van der Waals surface area (Å²) in [5.74, 6) is 2.01. The van der Waals surface area contributed by atoms with Gasteiger partial charge < -0.3 is 12.6 Å². The van der Waals surface area contributed by atoms with Gasteiger partial charge in [0.1, 0.15) is 0 Å². The zero-order valence-electron chi connectivity index (χ0n) is 4.23. The third kappa shape index (κ3) is 9.60. The monoisotopic (exact) mass is 146 g/mol. The molecule has 0 spiro atoms. The van der Waals surface area contributed by atoms with Crippen LogP contribution in [0.5, 0.6) is 0 Å². The summed E-state index contributed by atoms with van der Waals surface area (Å²) in [6.45, 7) is 0. The fraction of sp³-hybridized carbons (Fsp3) is 1.00. The molecule has 3 heteroatoms. The Hall–Kier alpha value is 2.34. The molecular weight excluding hydrogens is 139 g/mol. The van der Waals surface area contributed by atoms with Gasteiger partial charge in [0.15, 0.2) is 0 Å². The maximum atomic E-state index is 4.63. The standard InChI is InChI=1S/C3H8S2.K/c1-5-3-2-4;/h4H,2-3H2,1H3;/q;+1/p-1. The van der Waals surface area contributed by atoms with E-state index in [-0.39, 0.29) is 51.4 Å². The van der Waals surface area contributed by atoms with Gasteiger partial charge in [-0.3, -0.25) is 0 Å². The van der Waals surface area contributed by atoms with Gasteiger partial charge in [-0.1, -0.05) is 0 Å². The van der Waals surface area contributed by atoms with Crippen molar-refractivity contribution in [3.05, 3.63) is 0 Å². The van der Waals surface area contributed by atoms with Crippen molar-refractivity contribution in [2.75, 3.05) is 17.8 Å². The van der Waals surface area contributed by atoms with Crippen molar-refractivity contribution in [3.63, 3.8) is 0 Å². The Kier molecular flexibility index (Phi) is 19.3. The molecule has 0 aromatic rings. The van der Waals surface area contributed by atoms with Gasteiger partial charge in [-0.15, -0.1) is 0 Å². The number of hydrogen-bond acceptors (Lipinski definition) is 2. The summed E-state index contributed by atoms with van der Waals surface area (Å²) in [4.78, 5) is 0. The number of thioether (sulfide) groups is 1. The van der Waals surface area contributed by atoms with Crippen LogP contribution in [-0.4, -0.2) is 17.8 Å². The molecule has 0 aliphatic carbocycles. The molecule has 0 aromatic carbocycles. The Balaban J connectivity index is 0. The molecule has 0 aromatic heterocycles. The molecule has 32 valence electrons. The molecule has 0 aliphatic rings. The average molecular weight is 146 g/mol. The molecule has 0 atom stereocenters. The maximum Gasteiger partial charge on any atom is 1.00 e. The molecule has 0 amide bonds. The van der Waals surface area contributed by atoms with Gasteiger partial charge in [0.2, 0.25) is 0 Å². The molecule has 6 heavy (non-hydrogen) atoms. The zero-order chi connectivity index (χ0) is 4.12. The third-order valence-electron chi connectivity index (χ3n) is 0.287. The van der Waals surface area contributed by atoms with Crippen LogP contribution in [0, 0.1) is 0 Å². The number of rotatable bonds is 2. The molecule has 0 heterocycles. The summed E-state index contributed by atoms with van der Waals surface area (Å²) >= 11 is 6.43. The predicted octanol–water partition coefficient (Wildman–Crippen LogP) is -2.10. The van der Waals surface area contributed by atoms with E-state index in [4.69, 9.17) is 0 Å². The Morgan fingerprint density at radius 3 is 2.17 bits per heavy atom. The minimum Gasteiger partial charge on any atom is -0.792 e. The van der Waals surface area contributed by atoms with Crippen LogP contribution in [0.4, 0.5) is 0 Å². The van der Waals surface area contributed by atoms with E-state index in [1.54, 1.807) is 11.8 Å². The van der Waals surface area contributed by atoms with E-state index in [0.29, 0.717) is 0 Å². The molecule has 0 N–H and O–H groups in total. The fourth-order valence-corrected chi connectivity index (χ4v) is 0.750. The van der Waals surface area contributed by atoms with E-state index in [1.165, 1.54) is 0 Å². The van der Waals surface area contributed by atoms with Gasteiger partial charge >= 0.3 is 51.4 Å². The molecule has 0 nitrogen and oxygen atoms in total. The minimum absolute atomic E-state index is 0. The Morgan fingerprint density at radius 2 is 2.17 bits per heavy atom. The van der Waals surface area contributed by atoms with E-state index in [2.05, 4.69) is 18.9 Å². The van der Waals surface area contributed by atoms with Crippen molar-refractivity contribution in [3.8, 4) is 0 Å². The smallest absolute Gasteiger partial charge is 0.792 e. The molecular formula is C3H7KS2. The summed E-state index contributed by atoms with van der Waals surface area (Å²) in [6.07, 6.45) is 2.06. The van der Waals surface area contributed by atoms with Gasteiger partial charge in [0.05, 0.1) is 0 Å². The van der Waals surface area contributed by atoms with Crippen molar-refractivity contribution in [1.29, 1.82) is 0 Å². The van der Waals surface area contributed by atoms with Gasteiger partial charge in [0, 0.05) is 0 Å². The molecule has 0 aliphatic heterocycles. The zero-order valence-corrected chi connectivity index (χ0v) is 8.99. The van der Waals surface area contributed by atoms with Crippen LogP contribution in [0.2, 0.25) is 0 Å². The Labute approximate surface area is 91.7 Å². The van der Waals surface area contributed by atoms with E-state index in [9.17, 15) is 0 Å². The normalized spacial score (nSPS) is 7.00. The Morgan fingerprint density at radius 1 is 1.67 bits per heavy atom. The molecule has 0 saturated heterocycles. The van der Waals surface area contributed by atoms with E-state index >= 15 is 0 Å². The first-order valence-electron chi connectivity index (χ1n) is 1.49. The topological polar surface area (TPSA) is 0 Å². The molecule has 0 bridgehead atoms. The second kappa shape index (κ2) is 10.3. The summed E-state index contributed by atoms with van der Waals surface area (Å²) < 4.78 is 0. The predicted molar refractivity (Wildman–Crippen MR) is 30.6 cm³/mol. The summed E-state index contributed by atoms with van der Waals surface area (Å²) in [5.41, 5.74) is 0. The van der Waals surface area contributed by atoms with Crippen LogP contribution in [0.3, 0.4) is 0 Å². The maximum absolute atomic E-state index is 4.63. The van der Waals surface area contributed by atoms with Crippen molar-refractivity contribution >= 4 is 24.4 Å². The minimum atomic E-state index is 0. The second-order valence-electron chi connectivity index (χ2n) is 0.697. The van der Waals surface area contributed by atoms with Crippen LogP contribution >= 0.6 is 11.8 Å². The van der Waals surface area contributed by atoms with E-state index in [0.717, 1.165) is 11.5 Å². The first-order valence-corrected chi connectivity index (χ1v) is 3.46. The van der Waals surface area contributed by atoms with E-state index in [1.807, 2.05) is 0 Å². The Bertz CT molecular complexity index is 16.3. The van der Waals surface area contributed by atoms with Gasteiger partial charge in [-0.25, -0.2) is 0 Å². The molecule has 0 saturated carbocycles. The largest absolute Gasteiger partial charge is 1.00 e. The SMILES string of the molecule is CSCC[S-].[K+]. The summed E-state index contributed by atoms with van der Waals surface area (Å²) in [7, 11) is 0. The molecule has 0 unspecified atom stereocenters. The first kappa shape index (κ1) is 11.2. The van der Waals surface area contributed by atoms with Crippen molar-refractivity contribution in [2.24, 2.45) is 0 Å². The third-order valence-corrected chi connectivity index (χ3v) is 1.36. The summed E-state index contributed by atoms with van der Waals surface area (Å²) in [6, 6.07) is 0. The van der Waals surface area contributed by atoms with Crippen molar-refractivity contribution in [2.45, 2.75) is 0 Å². The van der Waals surface area contributed by atoms with Gasteiger partial charge in [-0.05, 0) is 12.0 Å². The molecule has 0 fully saturated rings. The van der Waals surface area contributed by atoms with E-state index < -0.39 is 0 Å². The van der Waals surface area contributed by atoms with Gasteiger partial charge in [-0.2, -0.15) is 17.5 Å². The molecule has 0 rings (SSSR count). The quantitative estimate of drug-likeness (QED) is 0.323. The van der Waals surface area contributed by atoms with Crippen molar-refractivity contribution in [1.82, 2.24) is 0 Å². The van der Waals surface area contributed by atoms with Crippen LogP contribution < -0.4 is 51.4 Å². The van der Waals surface area contributed by atoms with Crippen LogP contribution in [0.15, 0.2) is 0 Å². The van der Waals surface area contributed by atoms with Crippen LogP contribution in [-0.2, 0) is 12.6 Å². The van der Waals surface area contributed by atoms with Crippen LogP contribution in [0.1, 0.15) is 0 Å². The molecule has 0 radical (unpaired) electrons. The second-order valence-corrected chi connectivity index (χ2v) is 2.09. The number of hydrogen-bond donors (Lipinski definition) is 0. The average Bonchev–Trinajstić information content (AvgIpc) is 1.41. The first-order chi connectivity index (χ1) is 2.41. The fourth-order valence-electron chi connectivity index (χ4n) is 0.0833. The van der Waals surface area contributed by atoms with Crippen LogP contribution in [0.25, 0.3) is 0 Å². The van der Waals surface area contributed by atoms with Crippen molar-refractivity contribution < 1.29 is 51.4 Å². The summed E-state index contributed by atoms with van der Waals surface area (Å²) in [5, 5.41) is 0. The van der Waals surface area contributed by atoms with Gasteiger partial charge in [0.25, 0.3) is 0 Å².